The minimum Gasteiger partial charge on any atom is -0.455 e. The summed E-state index contributed by atoms with van der Waals surface area (Å²) in [5.74, 6) is 2.16. The second-order valence-corrected chi connectivity index (χ2v) is 12.5. The molecule has 7 rings (SSSR count). The van der Waals surface area contributed by atoms with E-state index >= 15 is 0 Å². The Bertz CT molecular complexity index is 1760. The van der Waals surface area contributed by atoms with Gasteiger partial charge in [-0.3, -0.25) is 0 Å². The summed E-state index contributed by atoms with van der Waals surface area (Å²) in [6.07, 6.45) is 14.1. The van der Waals surface area contributed by atoms with Gasteiger partial charge >= 0.3 is 0 Å². The molecule has 3 heteroatoms. The molecule has 41 heavy (non-hydrogen) atoms. The van der Waals surface area contributed by atoms with Gasteiger partial charge in [0.2, 0.25) is 5.69 Å². The summed E-state index contributed by atoms with van der Waals surface area (Å²) in [4.78, 5) is 0. The molecule has 0 N–H and O–H groups in total. The van der Waals surface area contributed by atoms with Crippen molar-refractivity contribution in [1.82, 2.24) is 0 Å². The molecule has 3 aromatic carbocycles. The summed E-state index contributed by atoms with van der Waals surface area (Å²) < 4.78 is 9.12. The number of aryl methyl sites for hydroxylation is 2. The number of pyridine rings is 1. The van der Waals surface area contributed by atoms with Gasteiger partial charge in [0.1, 0.15) is 18.2 Å². The fraction of sp³-hybridized carbons (Fsp3) is 0.368. The van der Waals surface area contributed by atoms with Crippen LogP contribution in [0.15, 0.2) is 77.3 Å². The van der Waals surface area contributed by atoms with Gasteiger partial charge in [0.05, 0.1) is 17.2 Å². The summed E-state index contributed by atoms with van der Waals surface area (Å²) in [5.41, 5.74) is 9.62. The molecule has 0 bridgehead atoms. The minimum atomic E-state index is 0.385. The molecule has 2 aliphatic carbocycles. The Morgan fingerprint density at radius 2 is 1.46 bits per heavy atom. The van der Waals surface area contributed by atoms with Crippen molar-refractivity contribution in [2.45, 2.75) is 70.6 Å². The van der Waals surface area contributed by atoms with E-state index < -0.39 is 0 Å². The van der Waals surface area contributed by atoms with Crippen LogP contribution in [0.5, 0.6) is 0 Å². The van der Waals surface area contributed by atoms with Gasteiger partial charge in [-0.05, 0) is 79.2 Å². The van der Waals surface area contributed by atoms with Gasteiger partial charge < -0.3 is 4.42 Å². The third kappa shape index (κ3) is 4.64. The van der Waals surface area contributed by atoms with Crippen LogP contribution in [-0.2, 0) is 7.05 Å². The average molecular weight is 540 g/mol. The molecule has 0 amide bonds. The number of benzene rings is 3. The third-order valence-corrected chi connectivity index (χ3v) is 10.2. The monoisotopic (exact) mass is 539 g/mol. The van der Waals surface area contributed by atoms with Crippen LogP contribution < -0.4 is 4.57 Å². The van der Waals surface area contributed by atoms with E-state index in [1.165, 1.54) is 61.6 Å². The number of rotatable bonds is 4. The summed E-state index contributed by atoms with van der Waals surface area (Å²) in [7, 11) is 2.11. The van der Waals surface area contributed by atoms with E-state index in [-0.39, 0.29) is 0 Å². The number of nitriles is 1. The molecule has 2 fully saturated rings. The zero-order valence-corrected chi connectivity index (χ0v) is 24.3. The third-order valence-electron chi connectivity index (χ3n) is 10.2. The van der Waals surface area contributed by atoms with E-state index in [0.29, 0.717) is 5.92 Å². The van der Waals surface area contributed by atoms with E-state index in [4.69, 9.17) is 4.42 Å². The zero-order chi connectivity index (χ0) is 27.9. The normalized spacial score (nSPS) is 19.9. The van der Waals surface area contributed by atoms with Gasteiger partial charge in [-0.15, -0.1) is 0 Å². The quantitative estimate of drug-likeness (QED) is 0.213. The Labute approximate surface area is 243 Å². The van der Waals surface area contributed by atoms with Crippen molar-refractivity contribution in [3.05, 3.63) is 89.6 Å². The van der Waals surface area contributed by atoms with Crippen molar-refractivity contribution in [3.63, 3.8) is 0 Å². The fourth-order valence-corrected chi connectivity index (χ4v) is 7.96. The van der Waals surface area contributed by atoms with Crippen LogP contribution in [0, 0.1) is 30.1 Å². The van der Waals surface area contributed by atoms with Crippen molar-refractivity contribution < 1.29 is 8.98 Å². The lowest BCUT2D eigenvalue weighted by Crippen LogP contribution is -2.30. The summed E-state index contributed by atoms with van der Waals surface area (Å²) in [5, 5.41) is 12.5. The highest BCUT2D eigenvalue weighted by Crippen LogP contribution is 2.47. The lowest BCUT2D eigenvalue weighted by Gasteiger charge is -2.36. The van der Waals surface area contributed by atoms with E-state index in [0.717, 1.165) is 69.0 Å². The molecule has 206 valence electrons. The highest BCUT2D eigenvalue weighted by molar-refractivity contribution is 6.11. The van der Waals surface area contributed by atoms with Crippen molar-refractivity contribution >= 4 is 21.9 Å². The maximum atomic E-state index is 10.2. The lowest BCUT2D eigenvalue weighted by atomic mass is 9.69. The highest BCUT2D eigenvalue weighted by Gasteiger charge is 2.32. The van der Waals surface area contributed by atoms with Gasteiger partial charge in [-0.25, -0.2) is 4.57 Å². The molecular formula is C38H39N2O+. The van der Waals surface area contributed by atoms with E-state index in [9.17, 15) is 5.26 Å². The molecule has 3 nitrogen and oxygen atoms in total. The second-order valence-electron chi connectivity index (χ2n) is 12.5. The van der Waals surface area contributed by atoms with Gasteiger partial charge in [0.25, 0.3) is 0 Å². The molecule has 0 radical (unpaired) electrons. The van der Waals surface area contributed by atoms with E-state index in [1.54, 1.807) is 0 Å². The standard InChI is InChI=1S/C38H39N2O/c1-25-13-19-32-33-20-18-31(24-39)36(29-16-14-28(15-17-29)26-9-5-3-6-10-26)38(33)41-37(32)35(25)34-23-30(21-22-40(34)2)27-11-7-4-8-12-27/h4,7-8,11-13,18-23,26,28-29H,3,5-6,9-10,14-17H2,1-2H3/q+1. The smallest absolute Gasteiger partial charge is 0.216 e. The minimum absolute atomic E-state index is 0.385. The summed E-state index contributed by atoms with van der Waals surface area (Å²) in [6, 6.07) is 26.1. The van der Waals surface area contributed by atoms with Crippen LogP contribution >= 0.6 is 0 Å². The Balaban J connectivity index is 1.33. The van der Waals surface area contributed by atoms with Crippen LogP contribution in [0.4, 0.5) is 0 Å². The summed E-state index contributed by atoms with van der Waals surface area (Å²) >= 11 is 0. The van der Waals surface area contributed by atoms with Gasteiger partial charge in [-0.2, -0.15) is 5.26 Å². The van der Waals surface area contributed by atoms with Gasteiger partial charge in [-0.1, -0.05) is 74.6 Å². The Morgan fingerprint density at radius 1 is 0.756 bits per heavy atom. The maximum Gasteiger partial charge on any atom is 0.216 e. The largest absolute Gasteiger partial charge is 0.455 e. The molecule has 2 saturated carbocycles. The number of aromatic nitrogens is 1. The van der Waals surface area contributed by atoms with E-state index in [2.05, 4.69) is 91.5 Å². The number of nitrogens with zero attached hydrogens (tertiary/aromatic N) is 2. The van der Waals surface area contributed by atoms with Crippen LogP contribution in [0.1, 0.15) is 80.4 Å². The molecule has 2 aliphatic rings. The first kappa shape index (κ1) is 26.0. The molecule has 2 heterocycles. The predicted molar refractivity (Wildman–Crippen MR) is 166 cm³/mol. The van der Waals surface area contributed by atoms with Crippen LogP contribution in [-0.4, -0.2) is 0 Å². The predicted octanol–water partition coefficient (Wildman–Crippen LogP) is 9.78. The molecule has 0 aliphatic heterocycles. The second kappa shape index (κ2) is 10.8. The van der Waals surface area contributed by atoms with Crippen molar-refractivity contribution in [2.75, 3.05) is 0 Å². The van der Waals surface area contributed by atoms with E-state index in [1.807, 2.05) is 6.07 Å². The number of hydrogen-bond donors (Lipinski definition) is 0. The van der Waals surface area contributed by atoms with Gasteiger partial charge in [0.15, 0.2) is 6.20 Å². The van der Waals surface area contributed by atoms with Crippen LogP contribution in [0.25, 0.3) is 44.3 Å². The fourth-order valence-electron chi connectivity index (χ4n) is 7.96. The molecule has 0 unspecified atom stereocenters. The topological polar surface area (TPSA) is 40.8 Å². The Kier molecular flexibility index (Phi) is 6.87. The number of furan rings is 1. The molecule has 0 atom stereocenters. The SMILES string of the molecule is Cc1ccc2c(oc3c(C4CCC(C5CCCCC5)CC4)c(C#N)ccc32)c1-c1cc(-c2ccccc2)cc[n+]1C. The van der Waals surface area contributed by atoms with Crippen LogP contribution in [0.3, 0.4) is 0 Å². The first-order valence-electron chi connectivity index (χ1n) is 15.6. The van der Waals surface area contributed by atoms with Crippen molar-refractivity contribution in [3.8, 4) is 28.5 Å². The molecule has 0 saturated heterocycles. The first-order chi connectivity index (χ1) is 20.1. The maximum absolute atomic E-state index is 10.2. The lowest BCUT2D eigenvalue weighted by molar-refractivity contribution is -0.660. The van der Waals surface area contributed by atoms with Crippen molar-refractivity contribution in [2.24, 2.45) is 18.9 Å². The number of fused-ring (bicyclic) bond motifs is 3. The molecule has 2 aromatic heterocycles. The first-order valence-corrected chi connectivity index (χ1v) is 15.6. The van der Waals surface area contributed by atoms with Crippen LogP contribution in [0.2, 0.25) is 0 Å². The summed E-state index contributed by atoms with van der Waals surface area (Å²) in [6.45, 7) is 2.17. The molecule has 0 spiro atoms. The Morgan fingerprint density at radius 3 is 2.22 bits per heavy atom. The number of hydrogen-bond acceptors (Lipinski definition) is 2. The molecular weight excluding hydrogens is 500 g/mol. The molecule has 5 aromatic rings. The Hall–Kier alpha value is -3.90. The highest BCUT2D eigenvalue weighted by atomic mass is 16.3. The van der Waals surface area contributed by atoms with Gasteiger partial charge in [0, 0.05) is 28.5 Å². The average Bonchev–Trinajstić information content (AvgIpc) is 3.40. The zero-order valence-electron chi connectivity index (χ0n) is 24.3. The van der Waals surface area contributed by atoms with Crippen molar-refractivity contribution in [1.29, 1.82) is 5.26 Å².